The highest BCUT2D eigenvalue weighted by Gasteiger charge is 2.37. The molecular formula is C19H26BrFN6. The quantitative estimate of drug-likeness (QED) is 0.566. The number of nitrogen functional groups attached to an aromatic ring is 1. The molecule has 0 saturated carbocycles. The third-order valence-corrected chi connectivity index (χ3v) is 5.09. The number of benzene rings is 1. The molecule has 0 atom stereocenters. The normalized spacial score (nSPS) is 18.9. The number of nitrogens with two attached hydrogens (primary N) is 1. The van der Waals surface area contributed by atoms with Gasteiger partial charge in [0, 0.05) is 21.6 Å². The number of rotatable bonds is 4. The summed E-state index contributed by atoms with van der Waals surface area (Å²) in [6, 6.07) is 4.98. The fraction of sp³-hybridized carbons (Fsp3) is 0.474. The van der Waals surface area contributed by atoms with E-state index in [1.54, 1.807) is 12.1 Å². The summed E-state index contributed by atoms with van der Waals surface area (Å²) >= 11 is 3.25. The summed E-state index contributed by atoms with van der Waals surface area (Å²) in [7, 11) is 0. The van der Waals surface area contributed by atoms with Crippen molar-refractivity contribution in [1.29, 1.82) is 0 Å². The van der Waals surface area contributed by atoms with Crippen molar-refractivity contribution < 1.29 is 4.39 Å². The Morgan fingerprint density at radius 1 is 1.15 bits per heavy atom. The van der Waals surface area contributed by atoms with Gasteiger partial charge in [0.15, 0.2) is 11.6 Å². The molecule has 3 rings (SSSR count). The molecule has 0 unspecified atom stereocenters. The van der Waals surface area contributed by atoms with Crippen molar-refractivity contribution in [2.24, 2.45) is 0 Å². The largest absolute Gasteiger partial charge is 0.393 e. The highest BCUT2D eigenvalue weighted by molar-refractivity contribution is 9.10. The predicted octanol–water partition coefficient (Wildman–Crippen LogP) is 4.43. The number of nitrogens with one attached hydrogen (secondary N) is 3. The van der Waals surface area contributed by atoms with Gasteiger partial charge >= 0.3 is 0 Å². The highest BCUT2D eigenvalue weighted by atomic mass is 79.9. The lowest BCUT2D eigenvalue weighted by Crippen LogP contribution is -2.60. The maximum atomic E-state index is 14.1. The van der Waals surface area contributed by atoms with Gasteiger partial charge in [0.25, 0.3) is 0 Å². The molecule has 1 saturated heterocycles. The molecule has 1 aromatic carbocycles. The van der Waals surface area contributed by atoms with E-state index in [1.807, 2.05) is 0 Å². The Bertz CT molecular complexity index is 823. The van der Waals surface area contributed by atoms with Crippen molar-refractivity contribution in [2.45, 2.75) is 57.7 Å². The Balaban J connectivity index is 1.81. The van der Waals surface area contributed by atoms with Crippen LogP contribution in [-0.2, 0) is 0 Å². The number of hydrogen-bond acceptors (Lipinski definition) is 6. The standard InChI is InChI=1S/C19H26BrFN6/c1-18(2)8-12(9-19(3,4)27-18)25-16-15(22)17(24-10-23-16)26-14-6-5-11(20)7-13(14)21/h5-7,10,12,27H,8-9,22H2,1-4H3,(H2,23,24,25,26). The molecule has 8 heteroatoms. The average Bonchev–Trinajstić information content (AvgIpc) is 2.50. The molecule has 1 aliphatic heterocycles. The van der Waals surface area contributed by atoms with Crippen LogP contribution in [0.15, 0.2) is 29.0 Å². The van der Waals surface area contributed by atoms with Gasteiger partial charge in [-0.05, 0) is 58.7 Å². The lowest BCUT2D eigenvalue weighted by Gasteiger charge is -2.46. The fourth-order valence-electron chi connectivity index (χ4n) is 3.95. The monoisotopic (exact) mass is 436 g/mol. The van der Waals surface area contributed by atoms with E-state index in [0.29, 0.717) is 27.5 Å². The summed E-state index contributed by atoms with van der Waals surface area (Å²) in [5.74, 6) is 0.545. The number of piperidine rings is 1. The molecule has 0 radical (unpaired) electrons. The van der Waals surface area contributed by atoms with Crippen LogP contribution in [0, 0.1) is 5.82 Å². The summed E-state index contributed by atoms with van der Waals surface area (Å²) in [6.07, 6.45) is 3.29. The van der Waals surface area contributed by atoms with Gasteiger partial charge in [-0.15, -0.1) is 0 Å². The molecule has 2 heterocycles. The zero-order valence-corrected chi connectivity index (χ0v) is 17.6. The van der Waals surface area contributed by atoms with Crippen LogP contribution < -0.4 is 21.7 Å². The van der Waals surface area contributed by atoms with Gasteiger partial charge in [0.1, 0.15) is 17.8 Å². The lowest BCUT2D eigenvalue weighted by atomic mass is 9.79. The van der Waals surface area contributed by atoms with Crippen molar-refractivity contribution in [3.8, 4) is 0 Å². The highest BCUT2D eigenvalue weighted by Crippen LogP contribution is 2.33. The SMILES string of the molecule is CC1(C)CC(Nc2ncnc(Nc3ccc(Br)cc3F)c2N)CC(C)(C)N1. The lowest BCUT2D eigenvalue weighted by molar-refractivity contribution is 0.170. The van der Waals surface area contributed by atoms with Gasteiger partial charge < -0.3 is 21.7 Å². The van der Waals surface area contributed by atoms with Crippen LogP contribution in [0.1, 0.15) is 40.5 Å². The fourth-order valence-corrected chi connectivity index (χ4v) is 4.28. The summed E-state index contributed by atoms with van der Waals surface area (Å²) in [5.41, 5.74) is 6.95. The smallest absolute Gasteiger partial charge is 0.159 e. The maximum Gasteiger partial charge on any atom is 0.159 e. The first kappa shape index (κ1) is 19.8. The zero-order valence-electron chi connectivity index (χ0n) is 16.0. The van der Waals surface area contributed by atoms with Gasteiger partial charge in [-0.1, -0.05) is 15.9 Å². The van der Waals surface area contributed by atoms with Crippen molar-refractivity contribution >= 4 is 38.9 Å². The summed E-state index contributed by atoms with van der Waals surface area (Å²) in [6.45, 7) is 8.76. The van der Waals surface area contributed by atoms with Crippen LogP contribution in [0.2, 0.25) is 0 Å². The molecule has 6 nitrogen and oxygen atoms in total. The third kappa shape index (κ3) is 4.87. The van der Waals surface area contributed by atoms with E-state index in [-0.39, 0.29) is 17.1 Å². The second kappa shape index (κ2) is 7.24. The Hall–Kier alpha value is -1.93. The summed E-state index contributed by atoms with van der Waals surface area (Å²) in [5, 5.41) is 10.1. The van der Waals surface area contributed by atoms with Gasteiger partial charge in [-0.2, -0.15) is 0 Å². The van der Waals surface area contributed by atoms with E-state index in [4.69, 9.17) is 5.73 Å². The average molecular weight is 437 g/mol. The zero-order chi connectivity index (χ0) is 19.8. The van der Waals surface area contributed by atoms with Crippen molar-refractivity contribution in [2.75, 3.05) is 16.4 Å². The van der Waals surface area contributed by atoms with E-state index in [1.165, 1.54) is 12.4 Å². The second-order valence-electron chi connectivity index (χ2n) is 8.38. The molecule has 1 aromatic heterocycles. The minimum absolute atomic E-state index is 0.00282. The van der Waals surface area contributed by atoms with E-state index in [0.717, 1.165) is 12.8 Å². The minimum Gasteiger partial charge on any atom is -0.393 e. The summed E-state index contributed by atoms with van der Waals surface area (Å²) < 4.78 is 14.8. The first-order chi connectivity index (χ1) is 12.5. The van der Waals surface area contributed by atoms with E-state index in [9.17, 15) is 4.39 Å². The van der Waals surface area contributed by atoms with Gasteiger partial charge in [0.2, 0.25) is 0 Å². The number of aromatic nitrogens is 2. The van der Waals surface area contributed by atoms with Crippen LogP contribution in [-0.4, -0.2) is 27.1 Å². The molecule has 1 aliphatic rings. The topological polar surface area (TPSA) is 87.9 Å². The van der Waals surface area contributed by atoms with Gasteiger partial charge in [0.05, 0.1) is 5.69 Å². The molecule has 5 N–H and O–H groups in total. The first-order valence-corrected chi connectivity index (χ1v) is 9.72. The molecular weight excluding hydrogens is 411 g/mol. The molecule has 1 fully saturated rings. The minimum atomic E-state index is -0.390. The molecule has 2 aromatic rings. The van der Waals surface area contributed by atoms with Gasteiger partial charge in [-0.3, -0.25) is 0 Å². The first-order valence-electron chi connectivity index (χ1n) is 8.93. The third-order valence-electron chi connectivity index (χ3n) is 4.60. The molecule has 0 amide bonds. The Labute approximate surface area is 167 Å². The van der Waals surface area contributed by atoms with Crippen LogP contribution in [0.5, 0.6) is 0 Å². The number of hydrogen-bond donors (Lipinski definition) is 4. The molecule has 146 valence electrons. The Morgan fingerprint density at radius 2 is 1.78 bits per heavy atom. The molecule has 0 aliphatic carbocycles. The molecule has 0 bridgehead atoms. The van der Waals surface area contributed by atoms with Gasteiger partial charge in [-0.25, -0.2) is 14.4 Å². The van der Waals surface area contributed by atoms with E-state index in [2.05, 4.69) is 69.5 Å². The van der Waals surface area contributed by atoms with Crippen molar-refractivity contribution in [1.82, 2.24) is 15.3 Å². The van der Waals surface area contributed by atoms with E-state index >= 15 is 0 Å². The molecule has 27 heavy (non-hydrogen) atoms. The van der Waals surface area contributed by atoms with Crippen LogP contribution in [0.4, 0.5) is 27.4 Å². The Morgan fingerprint density at radius 3 is 2.41 bits per heavy atom. The summed E-state index contributed by atoms with van der Waals surface area (Å²) in [4.78, 5) is 8.47. The Kier molecular flexibility index (Phi) is 5.31. The number of anilines is 4. The van der Waals surface area contributed by atoms with Crippen molar-refractivity contribution in [3.63, 3.8) is 0 Å². The number of nitrogens with zero attached hydrogens (tertiary/aromatic N) is 2. The van der Waals surface area contributed by atoms with Crippen LogP contribution >= 0.6 is 15.9 Å². The van der Waals surface area contributed by atoms with Crippen LogP contribution in [0.3, 0.4) is 0 Å². The second-order valence-corrected chi connectivity index (χ2v) is 9.29. The van der Waals surface area contributed by atoms with Crippen molar-refractivity contribution in [3.05, 3.63) is 34.8 Å². The van der Waals surface area contributed by atoms with E-state index < -0.39 is 5.82 Å². The number of halogens is 2. The predicted molar refractivity (Wildman–Crippen MR) is 112 cm³/mol. The molecule has 0 spiro atoms. The van der Waals surface area contributed by atoms with Crippen LogP contribution in [0.25, 0.3) is 0 Å². The maximum absolute atomic E-state index is 14.1.